The maximum Gasteiger partial charge on any atom is 0.262 e. The molecule has 3 rings (SSSR count). The maximum absolute atomic E-state index is 13.8. The van der Waals surface area contributed by atoms with Crippen LogP contribution in [0.15, 0.2) is 41.3 Å². The molecule has 0 unspecified atom stereocenters. The summed E-state index contributed by atoms with van der Waals surface area (Å²) in [4.78, 5) is 2.09. The van der Waals surface area contributed by atoms with Gasteiger partial charge in [0.05, 0.1) is 30.5 Å². The van der Waals surface area contributed by atoms with E-state index in [1.807, 2.05) is 0 Å². The minimum atomic E-state index is -3.93. The van der Waals surface area contributed by atoms with Crippen molar-refractivity contribution < 1.29 is 22.3 Å². The lowest BCUT2D eigenvalue weighted by Crippen LogP contribution is -2.30. The molecule has 0 aliphatic carbocycles. The average Bonchev–Trinajstić information content (AvgIpc) is 2.68. The van der Waals surface area contributed by atoms with E-state index in [1.165, 1.54) is 44.6 Å². The summed E-state index contributed by atoms with van der Waals surface area (Å²) in [5, 5.41) is 0. The van der Waals surface area contributed by atoms with Crippen molar-refractivity contribution in [1.29, 1.82) is 0 Å². The van der Waals surface area contributed by atoms with Crippen molar-refractivity contribution in [1.82, 2.24) is 0 Å². The number of anilines is 2. The minimum absolute atomic E-state index is 0.00834. The van der Waals surface area contributed by atoms with E-state index in [0.717, 1.165) is 32.4 Å². The molecular weight excluding hydrogens is 371 g/mol. The Morgan fingerprint density at radius 3 is 2.33 bits per heavy atom. The van der Waals surface area contributed by atoms with Crippen molar-refractivity contribution in [3.63, 3.8) is 0 Å². The molecule has 1 aliphatic rings. The summed E-state index contributed by atoms with van der Waals surface area (Å²) in [6.45, 7) is 1.63. The Kier molecular flexibility index (Phi) is 5.74. The molecule has 1 aliphatic heterocycles. The highest BCUT2D eigenvalue weighted by atomic mass is 32.2. The summed E-state index contributed by atoms with van der Waals surface area (Å²) in [6, 6.07) is 8.49. The Hall–Kier alpha value is -2.48. The van der Waals surface area contributed by atoms with Gasteiger partial charge < -0.3 is 14.4 Å². The second-order valence-electron chi connectivity index (χ2n) is 6.33. The molecule has 6 nitrogen and oxygen atoms in total. The van der Waals surface area contributed by atoms with E-state index < -0.39 is 15.8 Å². The molecule has 2 aromatic rings. The average molecular weight is 394 g/mol. The first-order valence-electron chi connectivity index (χ1n) is 8.74. The Balaban J connectivity index is 1.95. The standard InChI is InChI=1S/C19H23FN2O4S/c1-25-18-9-7-15(13-19(18)26-2)27(23,24)21-16-12-14(20)6-8-17(16)22-10-4-3-5-11-22/h6-9,12-13,21H,3-5,10-11H2,1-2H3. The Morgan fingerprint density at radius 2 is 1.67 bits per heavy atom. The van der Waals surface area contributed by atoms with Gasteiger partial charge in [0.2, 0.25) is 0 Å². The molecule has 0 bridgehead atoms. The number of ether oxygens (including phenoxy) is 2. The molecule has 2 aromatic carbocycles. The topological polar surface area (TPSA) is 67.9 Å². The monoisotopic (exact) mass is 394 g/mol. The van der Waals surface area contributed by atoms with Crippen molar-refractivity contribution >= 4 is 21.4 Å². The zero-order valence-electron chi connectivity index (χ0n) is 15.4. The highest BCUT2D eigenvalue weighted by Gasteiger charge is 2.21. The fraction of sp³-hybridized carbons (Fsp3) is 0.368. The number of piperidine rings is 1. The number of nitrogens with one attached hydrogen (secondary N) is 1. The molecule has 1 N–H and O–H groups in total. The first-order valence-corrected chi connectivity index (χ1v) is 10.2. The van der Waals surface area contributed by atoms with Gasteiger partial charge in [-0.25, -0.2) is 12.8 Å². The van der Waals surface area contributed by atoms with E-state index in [4.69, 9.17) is 9.47 Å². The van der Waals surface area contributed by atoms with Gasteiger partial charge in [-0.3, -0.25) is 4.72 Å². The van der Waals surface area contributed by atoms with Crippen LogP contribution in [0.2, 0.25) is 0 Å². The molecule has 1 heterocycles. The zero-order chi connectivity index (χ0) is 19.4. The number of sulfonamides is 1. The molecule has 1 saturated heterocycles. The summed E-state index contributed by atoms with van der Waals surface area (Å²) in [6.07, 6.45) is 3.20. The SMILES string of the molecule is COc1ccc(S(=O)(=O)Nc2cc(F)ccc2N2CCCCC2)cc1OC. The molecule has 0 aromatic heterocycles. The van der Waals surface area contributed by atoms with Gasteiger partial charge in [0.25, 0.3) is 10.0 Å². The quantitative estimate of drug-likeness (QED) is 0.810. The molecule has 146 valence electrons. The van der Waals surface area contributed by atoms with Crippen LogP contribution < -0.4 is 19.1 Å². The molecule has 27 heavy (non-hydrogen) atoms. The molecule has 0 atom stereocenters. The first kappa shape index (κ1) is 19.3. The van der Waals surface area contributed by atoms with Gasteiger partial charge in [-0.1, -0.05) is 0 Å². The van der Waals surface area contributed by atoms with Crippen molar-refractivity contribution in [3.8, 4) is 11.5 Å². The third kappa shape index (κ3) is 4.27. The van der Waals surface area contributed by atoms with Gasteiger partial charge in [-0.15, -0.1) is 0 Å². The second kappa shape index (κ2) is 8.04. The second-order valence-corrected chi connectivity index (χ2v) is 8.01. The Labute approximate surface area is 159 Å². The summed E-state index contributed by atoms with van der Waals surface area (Å²) in [5.41, 5.74) is 0.909. The van der Waals surface area contributed by atoms with Crippen molar-refractivity contribution in [3.05, 3.63) is 42.2 Å². The van der Waals surface area contributed by atoms with Gasteiger partial charge >= 0.3 is 0 Å². The minimum Gasteiger partial charge on any atom is -0.493 e. The van der Waals surface area contributed by atoms with Crippen LogP contribution in [0.25, 0.3) is 0 Å². The smallest absolute Gasteiger partial charge is 0.262 e. The lowest BCUT2D eigenvalue weighted by molar-refractivity contribution is 0.354. The van der Waals surface area contributed by atoms with Crippen LogP contribution in [0.1, 0.15) is 19.3 Å². The van der Waals surface area contributed by atoms with Crippen LogP contribution >= 0.6 is 0 Å². The third-order valence-electron chi connectivity index (χ3n) is 4.56. The fourth-order valence-corrected chi connectivity index (χ4v) is 4.27. The normalized spacial score (nSPS) is 14.7. The number of rotatable bonds is 6. The van der Waals surface area contributed by atoms with Gasteiger partial charge in [0.1, 0.15) is 5.82 Å². The van der Waals surface area contributed by atoms with Crippen LogP contribution in [-0.4, -0.2) is 35.7 Å². The van der Waals surface area contributed by atoms with Crippen LogP contribution in [0.5, 0.6) is 11.5 Å². The number of benzene rings is 2. The van der Waals surface area contributed by atoms with E-state index in [9.17, 15) is 12.8 Å². The molecule has 0 spiro atoms. The highest BCUT2D eigenvalue weighted by molar-refractivity contribution is 7.92. The van der Waals surface area contributed by atoms with Crippen LogP contribution in [-0.2, 0) is 10.0 Å². The van der Waals surface area contributed by atoms with Crippen LogP contribution in [0, 0.1) is 5.82 Å². The first-order chi connectivity index (χ1) is 12.9. The molecule has 0 saturated carbocycles. The van der Waals surface area contributed by atoms with Crippen LogP contribution in [0.3, 0.4) is 0 Å². The summed E-state index contributed by atoms with van der Waals surface area (Å²) in [7, 11) is -1.02. The maximum atomic E-state index is 13.8. The molecule has 8 heteroatoms. The lowest BCUT2D eigenvalue weighted by atomic mass is 10.1. The zero-order valence-corrected chi connectivity index (χ0v) is 16.2. The van der Waals surface area contributed by atoms with Crippen molar-refractivity contribution in [2.24, 2.45) is 0 Å². The predicted octanol–water partition coefficient (Wildman–Crippen LogP) is 3.63. The highest BCUT2D eigenvalue weighted by Crippen LogP contribution is 2.33. The number of hydrogen-bond donors (Lipinski definition) is 1. The molecule has 0 amide bonds. The molecule has 1 fully saturated rings. The van der Waals surface area contributed by atoms with E-state index in [-0.39, 0.29) is 10.6 Å². The lowest BCUT2D eigenvalue weighted by Gasteiger charge is -2.30. The Morgan fingerprint density at radius 1 is 0.963 bits per heavy atom. The number of methoxy groups -OCH3 is 2. The third-order valence-corrected chi connectivity index (χ3v) is 5.93. The van der Waals surface area contributed by atoms with E-state index >= 15 is 0 Å². The van der Waals surface area contributed by atoms with Gasteiger partial charge in [0, 0.05) is 25.2 Å². The van der Waals surface area contributed by atoms with Gasteiger partial charge in [-0.2, -0.15) is 0 Å². The molecule has 0 radical (unpaired) electrons. The summed E-state index contributed by atoms with van der Waals surface area (Å²) >= 11 is 0. The summed E-state index contributed by atoms with van der Waals surface area (Å²) < 4.78 is 52.4. The molecular formula is C19H23FN2O4S. The van der Waals surface area contributed by atoms with E-state index in [0.29, 0.717) is 17.2 Å². The van der Waals surface area contributed by atoms with Crippen molar-refractivity contribution in [2.45, 2.75) is 24.2 Å². The van der Waals surface area contributed by atoms with Gasteiger partial charge in [0.15, 0.2) is 11.5 Å². The van der Waals surface area contributed by atoms with E-state index in [2.05, 4.69) is 9.62 Å². The van der Waals surface area contributed by atoms with E-state index in [1.54, 1.807) is 6.07 Å². The predicted molar refractivity (Wildman–Crippen MR) is 103 cm³/mol. The summed E-state index contributed by atoms with van der Waals surface area (Å²) in [5.74, 6) is 0.229. The largest absolute Gasteiger partial charge is 0.493 e. The fourth-order valence-electron chi connectivity index (χ4n) is 3.19. The van der Waals surface area contributed by atoms with Crippen molar-refractivity contribution in [2.75, 3.05) is 36.9 Å². The Bertz CT molecular complexity index is 912. The van der Waals surface area contributed by atoms with Crippen LogP contribution in [0.4, 0.5) is 15.8 Å². The van der Waals surface area contributed by atoms with Gasteiger partial charge in [-0.05, 0) is 43.5 Å². The number of nitrogens with zero attached hydrogens (tertiary/aromatic N) is 1. The number of halogens is 1. The number of hydrogen-bond acceptors (Lipinski definition) is 5.